The Bertz CT molecular complexity index is 1240. The molecule has 1 aliphatic heterocycles. The number of hydrogen-bond donors (Lipinski definition) is 2. The number of anilines is 5. The zero-order chi connectivity index (χ0) is 22.7. The van der Waals surface area contributed by atoms with Gasteiger partial charge >= 0.3 is 0 Å². The standard InChI is InChI=1S/C27H30N7/c1-3-9-20(10-4-1)30-27-31-24-19-28-26(32-25(24)34(27)23-11-5-6-12-23)29-21-13-15-22(16-14-21)33-17-7-2-8-18-33/h1-4,9-10,13-16,19,23H,5-8,11-12,17-18H2,(H,30,31)(H,28,29,32). The van der Waals surface area contributed by atoms with E-state index in [1.807, 2.05) is 24.4 Å². The van der Waals surface area contributed by atoms with Crippen LogP contribution < -0.4 is 15.5 Å². The molecule has 2 aliphatic rings. The predicted octanol–water partition coefficient (Wildman–Crippen LogP) is 6.23. The largest absolute Gasteiger partial charge is 0.372 e. The second kappa shape index (κ2) is 9.33. The lowest BCUT2D eigenvalue weighted by atomic mass is 10.1. The Morgan fingerprint density at radius 1 is 0.794 bits per heavy atom. The van der Waals surface area contributed by atoms with Gasteiger partial charge in [-0.05, 0) is 68.5 Å². The van der Waals surface area contributed by atoms with E-state index in [0.717, 1.165) is 67.3 Å². The number of nitrogens with zero attached hydrogens (tertiary/aromatic N) is 5. The van der Waals surface area contributed by atoms with Gasteiger partial charge in [0.05, 0.1) is 6.20 Å². The van der Waals surface area contributed by atoms with Gasteiger partial charge in [-0.2, -0.15) is 4.98 Å². The number of hydrogen-bond acceptors (Lipinski definition) is 6. The molecule has 173 valence electrons. The Balaban J connectivity index is 1.28. The lowest BCUT2D eigenvalue weighted by molar-refractivity contribution is 0.535. The summed E-state index contributed by atoms with van der Waals surface area (Å²) in [5.41, 5.74) is 4.97. The van der Waals surface area contributed by atoms with E-state index >= 15 is 0 Å². The molecule has 1 saturated carbocycles. The van der Waals surface area contributed by atoms with E-state index in [1.165, 1.54) is 18.5 Å². The molecular weight excluding hydrogens is 422 g/mol. The van der Waals surface area contributed by atoms with Gasteiger partial charge in [0.2, 0.25) is 11.9 Å². The second-order valence-electron chi connectivity index (χ2n) is 9.16. The van der Waals surface area contributed by atoms with Gasteiger partial charge in [-0.3, -0.25) is 4.57 Å². The van der Waals surface area contributed by atoms with E-state index in [1.54, 1.807) is 0 Å². The molecule has 2 aromatic carbocycles. The number of piperidine rings is 1. The highest BCUT2D eigenvalue weighted by molar-refractivity contribution is 5.77. The van der Waals surface area contributed by atoms with Crippen LogP contribution in [-0.4, -0.2) is 32.6 Å². The second-order valence-corrected chi connectivity index (χ2v) is 9.16. The molecule has 1 radical (unpaired) electrons. The first-order chi connectivity index (χ1) is 16.8. The number of rotatable bonds is 6. The minimum absolute atomic E-state index is 0.403. The van der Waals surface area contributed by atoms with Crippen LogP contribution in [0.2, 0.25) is 0 Å². The summed E-state index contributed by atoms with van der Waals surface area (Å²) in [7, 11) is 0. The molecule has 2 N–H and O–H groups in total. The molecule has 0 spiro atoms. The van der Waals surface area contributed by atoms with Crippen molar-refractivity contribution in [2.45, 2.75) is 44.6 Å². The van der Waals surface area contributed by atoms with Crippen LogP contribution in [0.5, 0.6) is 0 Å². The maximum absolute atomic E-state index is 4.91. The Morgan fingerprint density at radius 2 is 1.53 bits per heavy atom. The Hall–Kier alpha value is -3.61. The molecule has 0 amide bonds. The number of fused-ring (bicyclic) bond motifs is 1. The summed E-state index contributed by atoms with van der Waals surface area (Å²) in [5.74, 6) is 1.43. The summed E-state index contributed by atoms with van der Waals surface area (Å²) in [4.78, 5) is 16.8. The predicted molar refractivity (Wildman–Crippen MR) is 138 cm³/mol. The number of imidazole rings is 1. The first-order valence-electron chi connectivity index (χ1n) is 12.3. The van der Waals surface area contributed by atoms with Crippen molar-refractivity contribution in [3.63, 3.8) is 0 Å². The number of benzene rings is 2. The fourth-order valence-electron chi connectivity index (χ4n) is 5.09. The van der Waals surface area contributed by atoms with Gasteiger partial charge in [0, 0.05) is 36.2 Å². The minimum atomic E-state index is 0.403. The maximum Gasteiger partial charge on any atom is 0.229 e. The van der Waals surface area contributed by atoms with E-state index in [9.17, 15) is 0 Å². The zero-order valence-corrected chi connectivity index (χ0v) is 19.3. The van der Waals surface area contributed by atoms with E-state index in [-0.39, 0.29) is 0 Å². The van der Waals surface area contributed by atoms with Crippen molar-refractivity contribution in [1.29, 1.82) is 0 Å². The molecule has 2 fully saturated rings. The van der Waals surface area contributed by atoms with Crippen molar-refractivity contribution >= 4 is 40.1 Å². The lowest BCUT2D eigenvalue weighted by Gasteiger charge is -2.28. The fraction of sp³-hybridized carbons (Fsp3) is 0.333. The molecule has 4 aromatic rings. The summed E-state index contributed by atoms with van der Waals surface area (Å²) in [6.07, 6.45) is 11.3. The average molecular weight is 453 g/mol. The molecule has 6 rings (SSSR count). The van der Waals surface area contributed by atoms with Crippen LogP contribution in [0, 0.1) is 6.42 Å². The fourth-order valence-corrected chi connectivity index (χ4v) is 5.09. The summed E-state index contributed by atoms with van der Waals surface area (Å²) in [6.45, 7) is 2.19. The van der Waals surface area contributed by atoms with Crippen LogP contribution in [-0.2, 0) is 0 Å². The third kappa shape index (κ3) is 4.30. The average Bonchev–Trinajstić information content (AvgIpc) is 3.53. The van der Waals surface area contributed by atoms with E-state index < -0.39 is 0 Å². The summed E-state index contributed by atoms with van der Waals surface area (Å²) in [6, 6.07) is 19.2. The van der Waals surface area contributed by atoms with E-state index in [0.29, 0.717) is 12.0 Å². The highest BCUT2D eigenvalue weighted by Gasteiger charge is 2.24. The van der Waals surface area contributed by atoms with Gasteiger partial charge < -0.3 is 15.5 Å². The van der Waals surface area contributed by atoms with Crippen LogP contribution in [0.1, 0.15) is 44.6 Å². The highest BCUT2D eigenvalue weighted by atomic mass is 15.3. The Kier molecular flexibility index (Phi) is 5.75. The summed E-state index contributed by atoms with van der Waals surface area (Å²) < 4.78 is 2.28. The minimum Gasteiger partial charge on any atom is -0.372 e. The van der Waals surface area contributed by atoms with Gasteiger partial charge in [-0.15, -0.1) is 0 Å². The molecule has 0 unspecified atom stereocenters. The van der Waals surface area contributed by atoms with Crippen molar-refractivity contribution in [2.75, 3.05) is 28.6 Å². The van der Waals surface area contributed by atoms with Gasteiger partial charge in [0.15, 0.2) is 5.65 Å². The molecule has 7 heteroatoms. The smallest absolute Gasteiger partial charge is 0.229 e. The molecule has 3 heterocycles. The van der Waals surface area contributed by atoms with Crippen molar-refractivity contribution in [3.8, 4) is 0 Å². The first kappa shape index (κ1) is 21.0. The Labute approximate surface area is 200 Å². The van der Waals surface area contributed by atoms with Gasteiger partial charge in [0.1, 0.15) is 5.52 Å². The van der Waals surface area contributed by atoms with E-state index in [4.69, 9.17) is 9.97 Å². The SMILES string of the molecule is [CH]1CCN(c2ccc(Nc3ncc4nc(Nc5ccccc5)n(C5CCCC5)c4n3)cc2)CC1. The lowest BCUT2D eigenvalue weighted by Crippen LogP contribution is -2.29. The van der Waals surface area contributed by atoms with Crippen LogP contribution in [0.3, 0.4) is 0 Å². The number of nitrogens with one attached hydrogen (secondary N) is 2. The molecule has 1 aliphatic carbocycles. The molecular formula is C27H30N7. The third-order valence-corrected chi connectivity index (χ3v) is 6.85. The van der Waals surface area contributed by atoms with Gasteiger partial charge in [0.25, 0.3) is 0 Å². The van der Waals surface area contributed by atoms with Crippen LogP contribution in [0.4, 0.5) is 29.0 Å². The van der Waals surface area contributed by atoms with Gasteiger partial charge in [-0.1, -0.05) is 31.0 Å². The topological polar surface area (TPSA) is 70.9 Å². The normalized spacial score (nSPS) is 16.8. The Morgan fingerprint density at radius 3 is 2.29 bits per heavy atom. The van der Waals surface area contributed by atoms with Crippen molar-refractivity contribution in [3.05, 3.63) is 67.2 Å². The van der Waals surface area contributed by atoms with Crippen LogP contribution >= 0.6 is 0 Å². The zero-order valence-electron chi connectivity index (χ0n) is 19.3. The number of aromatic nitrogens is 4. The summed E-state index contributed by atoms with van der Waals surface area (Å²) >= 11 is 0. The highest BCUT2D eigenvalue weighted by Crippen LogP contribution is 2.36. The van der Waals surface area contributed by atoms with Crippen LogP contribution in [0.15, 0.2) is 60.8 Å². The summed E-state index contributed by atoms with van der Waals surface area (Å²) in [5, 5.41) is 6.90. The quantitative estimate of drug-likeness (QED) is 0.361. The molecule has 0 atom stereocenters. The molecule has 7 nitrogen and oxygen atoms in total. The van der Waals surface area contributed by atoms with Gasteiger partial charge in [-0.25, -0.2) is 9.97 Å². The number of para-hydroxylation sites is 1. The third-order valence-electron chi connectivity index (χ3n) is 6.85. The van der Waals surface area contributed by atoms with Crippen molar-refractivity contribution in [2.24, 2.45) is 0 Å². The maximum atomic E-state index is 4.91. The molecule has 1 saturated heterocycles. The van der Waals surface area contributed by atoms with Crippen molar-refractivity contribution < 1.29 is 0 Å². The molecule has 0 bridgehead atoms. The van der Waals surface area contributed by atoms with E-state index in [2.05, 4.69) is 67.9 Å². The first-order valence-corrected chi connectivity index (χ1v) is 12.3. The molecule has 34 heavy (non-hydrogen) atoms. The van der Waals surface area contributed by atoms with Crippen LogP contribution in [0.25, 0.3) is 11.2 Å². The van der Waals surface area contributed by atoms with Crippen molar-refractivity contribution in [1.82, 2.24) is 19.5 Å². The monoisotopic (exact) mass is 452 g/mol. The molecule has 2 aromatic heterocycles.